The molecule has 6 nitrogen and oxygen atoms in total. The van der Waals surface area contributed by atoms with Crippen LogP contribution < -0.4 is 5.32 Å². The first kappa shape index (κ1) is 19.4. The number of aromatic nitrogens is 1. The van der Waals surface area contributed by atoms with Crippen LogP contribution in [0.2, 0.25) is 5.02 Å². The lowest BCUT2D eigenvalue weighted by molar-refractivity contribution is -0.140. The molecule has 0 fully saturated rings. The van der Waals surface area contributed by atoms with E-state index in [9.17, 15) is 4.79 Å². The molecule has 0 saturated heterocycles. The van der Waals surface area contributed by atoms with Gasteiger partial charge in [-0.1, -0.05) is 35.1 Å². The van der Waals surface area contributed by atoms with Crippen molar-refractivity contribution in [1.82, 2.24) is 10.3 Å². The molecule has 0 aliphatic heterocycles. The first-order valence-corrected chi connectivity index (χ1v) is 9.70. The van der Waals surface area contributed by atoms with Gasteiger partial charge in [-0.05, 0) is 48.9 Å². The van der Waals surface area contributed by atoms with Crippen LogP contribution in [-0.2, 0) is 16.0 Å². The molecule has 0 bridgehead atoms. The molecule has 2 aromatic carbocycles. The number of azo groups is 1. The van der Waals surface area contributed by atoms with E-state index in [1.165, 1.54) is 23.8 Å². The monoisotopic (exact) mass is 402 g/mol. The molecule has 27 heavy (non-hydrogen) atoms. The van der Waals surface area contributed by atoms with Crippen LogP contribution >= 0.6 is 22.9 Å². The van der Waals surface area contributed by atoms with E-state index < -0.39 is 0 Å². The van der Waals surface area contributed by atoms with E-state index in [1.54, 1.807) is 0 Å². The summed E-state index contributed by atoms with van der Waals surface area (Å²) in [7, 11) is 0. The molecule has 0 spiro atoms. The first-order valence-electron chi connectivity index (χ1n) is 8.51. The molecule has 0 saturated carbocycles. The molecular formula is C19H19ClN4O2S. The number of halogens is 1. The number of ether oxygens (including phenoxy) is 1. The maximum atomic E-state index is 10.7. The summed E-state index contributed by atoms with van der Waals surface area (Å²) in [4.78, 5) is 15.1. The van der Waals surface area contributed by atoms with Gasteiger partial charge in [0.2, 0.25) is 5.13 Å². The number of nitrogens with one attached hydrogen (secondary N) is 1. The van der Waals surface area contributed by atoms with Crippen LogP contribution in [0.15, 0.2) is 52.7 Å². The lowest BCUT2D eigenvalue weighted by Crippen LogP contribution is -2.23. The molecule has 0 atom stereocenters. The molecule has 0 aliphatic rings. The zero-order valence-corrected chi connectivity index (χ0v) is 16.4. The number of esters is 1. The number of hydrogen-bond donors (Lipinski definition) is 1. The predicted octanol–water partition coefficient (Wildman–Crippen LogP) is 5.06. The second-order valence-electron chi connectivity index (χ2n) is 5.81. The first-order chi connectivity index (χ1) is 13.1. The molecule has 1 heterocycles. The zero-order valence-electron chi connectivity index (χ0n) is 14.8. The number of fused-ring (bicyclic) bond motifs is 1. The van der Waals surface area contributed by atoms with Crippen molar-refractivity contribution in [3.63, 3.8) is 0 Å². The lowest BCUT2D eigenvalue weighted by atomic mass is 10.1. The van der Waals surface area contributed by atoms with Gasteiger partial charge in [0.15, 0.2) is 0 Å². The molecule has 1 N–H and O–H groups in total. The summed E-state index contributed by atoms with van der Waals surface area (Å²) < 4.78 is 5.86. The van der Waals surface area contributed by atoms with Crippen molar-refractivity contribution in [1.29, 1.82) is 0 Å². The number of carbonyl (C=O) groups is 1. The van der Waals surface area contributed by atoms with Gasteiger partial charge in [0.05, 0.1) is 15.9 Å². The highest BCUT2D eigenvalue weighted by atomic mass is 35.5. The Labute approximate surface area is 166 Å². The summed E-state index contributed by atoms with van der Waals surface area (Å²) in [6.07, 6.45) is 0.885. The molecule has 8 heteroatoms. The Kier molecular flexibility index (Phi) is 6.86. The Morgan fingerprint density at radius 2 is 2.00 bits per heavy atom. The number of rotatable bonds is 8. The predicted molar refractivity (Wildman–Crippen MR) is 108 cm³/mol. The average Bonchev–Trinajstić information content (AvgIpc) is 3.05. The SMILES string of the molecule is CC(=O)OCCNCCc1ccc(N=Nc2nc3ccc(Cl)cc3s2)cc1. The summed E-state index contributed by atoms with van der Waals surface area (Å²) in [5.41, 5.74) is 2.84. The van der Waals surface area contributed by atoms with Gasteiger partial charge in [-0.15, -0.1) is 10.2 Å². The Bertz CT molecular complexity index is 941. The second-order valence-corrected chi connectivity index (χ2v) is 7.26. The van der Waals surface area contributed by atoms with Crippen molar-refractivity contribution in [3.05, 3.63) is 53.1 Å². The molecule has 140 valence electrons. The fraction of sp³-hybridized carbons (Fsp3) is 0.263. The highest BCUT2D eigenvalue weighted by Crippen LogP contribution is 2.31. The van der Waals surface area contributed by atoms with Gasteiger partial charge in [-0.3, -0.25) is 4.79 Å². The van der Waals surface area contributed by atoms with E-state index in [0.717, 1.165) is 28.9 Å². The van der Waals surface area contributed by atoms with Crippen molar-refractivity contribution < 1.29 is 9.53 Å². The largest absolute Gasteiger partial charge is 0.465 e. The molecular weight excluding hydrogens is 384 g/mol. The van der Waals surface area contributed by atoms with Crippen molar-refractivity contribution in [2.75, 3.05) is 19.7 Å². The maximum absolute atomic E-state index is 10.7. The summed E-state index contributed by atoms with van der Waals surface area (Å²) in [5.74, 6) is -0.254. The molecule has 1 aromatic heterocycles. The number of thiazole rings is 1. The minimum absolute atomic E-state index is 0.254. The number of benzene rings is 2. The lowest BCUT2D eigenvalue weighted by Gasteiger charge is -2.05. The van der Waals surface area contributed by atoms with Gasteiger partial charge >= 0.3 is 5.97 Å². The van der Waals surface area contributed by atoms with Crippen LogP contribution in [0.4, 0.5) is 10.8 Å². The molecule has 0 aliphatic carbocycles. The molecule has 3 rings (SSSR count). The number of hydrogen-bond acceptors (Lipinski definition) is 7. The van der Waals surface area contributed by atoms with Crippen molar-refractivity contribution in [2.45, 2.75) is 13.3 Å². The Hall–Kier alpha value is -2.35. The van der Waals surface area contributed by atoms with E-state index in [0.29, 0.717) is 23.3 Å². The van der Waals surface area contributed by atoms with Crippen LogP contribution in [-0.4, -0.2) is 30.6 Å². The summed E-state index contributed by atoms with van der Waals surface area (Å²) in [6, 6.07) is 13.5. The molecule has 0 unspecified atom stereocenters. The molecule has 0 amide bonds. The van der Waals surface area contributed by atoms with Crippen LogP contribution in [0.1, 0.15) is 12.5 Å². The minimum Gasteiger partial charge on any atom is -0.465 e. The van der Waals surface area contributed by atoms with E-state index in [-0.39, 0.29) is 5.97 Å². The summed E-state index contributed by atoms with van der Waals surface area (Å²) in [5, 5.41) is 13.0. The third kappa shape index (κ3) is 6.09. The van der Waals surface area contributed by atoms with Crippen molar-refractivity contribution in [3.8, 4) is 0 Å². The topological polar surface area (TPSA) is 75.9 Å². The van der Waals surface area contributed by atoms with Crippen LogP contribution in [0.5, 0.6) is 0 Å². The highest BCUT2D eigenvalue weighted by Gasteiger charge is 2.03. The molecule has 0 radical (unpaired) electrons. The fourth-order valence-electron chi connectivity index (χ4n) is 2.38. The smallest absolute Gasteiger partial charge is 0.302 e. The fourth-order valence-corrected chi connectivity index (χ4v) is 3.45. The quantitative estimate of drug-likeness (QED) is 0.324. The van der Waals surface area contributed by atoms with Gasteiger partial charge in [-0.25, -0.2) is 4.98 Å². The van der Waals surface area contributed by atoms with Gasteiger partial charge in [0.1, 0.15) is 6.61 Å². The Balaban J connectivity index is 1.49. The average molecular weight is 403 g/mol. The molecule has 3 aromatic rings. The van der Waals surface area contributed by atoms with E-state index in [1.807, 2.05) is 42.5 Å². The van der Waals surface area contributed by atoms with Gasteiger partial charge in [0, 0.05) is 18.5 Å². The van der Waals surface area contributed by atoms with Gasteiger partial charge < -0.3 is 10.1 Å². The maximum Gasteiger partial charge on any atom is 0.302 e. The van der Waals surface area contributed by atoms with Crippen LogP contribution in [0, 0.1) is 0 Å². The highest BCUT2D eigenvalue weighted by molar-refractivity contribution is 7.21. The zero-order chi connectivity index (χ0) is 19.1. The minimum atomic E-state index is -0.254. The normalized spacial score (nSPS) is 11.3. The van der Waals surface area contributed by atoms with Crippen LogP contribution in [0.25, 0.3) is 10.2 Å². The third-order valence-corrected chi connectivity index (χ3v) is 4.84. The third-order valence-electron chi connectivity index (χ3n) is 3.70. The van der Waals surface area contributed by atoms with Crippen molar-refractivity contribution in [2.24, 2.45) is 10.2 Å². The standard InChI is InChI=1S/C19H19ClN4O2S/c1-13(25)26-11-10-21-9-8-14-2-5-16(6-3-14)23-24-19-22-17-7-4-15(20)12-18(17)27-19/h2-7,12,21H,8-11H2,1H3. The number of nitrogens with zero attached hydrogens (tertiary/aromatic N) is 3. The van der Waals surface area contributed by atoms with Crippen LogP contribution in [0.3, 0.4) is 0 Å². The van der Waals surface area contributed by atoms with Gasteiger partial charge in [-0.2, -0.15) is 0 Å². The van der Waals surface area contributed by atoms with E-state index in [2.05, 4.69) is 20.5 Å². The summed E-state index contributed by atoms with van der Waals surface area (Å²) >= 11 is 7.45. The van der Waals surface area contributed by atoms with E-state index >= 15 is 0 Å². The number of carbonyl (C=O) groups excluding carboxylic acids is 1. The van der Waals surface area contributed by atoms with Gasteiger partial charge in [0.25, 0.3) is 0 Å². The second kappa shape index (κ2) is 9.55. The Morgan fingerprint density at radius 1 is 1.19 bits per heavy atom. The Morgan fingerprint density at radius 3 is 2.78 bits per heavy atom. The summed E-state index contributed by atoms with van der Waals surface area (Å²) in [6.45, 7) is 3.27. The van der Waals surface area contributed by atoms with E-state index in [4.69, 9.17) is 16.3 Å². The van der Waals surface area contributed by atoms with Crippen molar-refractivity contribution >= 4 is 49.9 Å².